The number of piperidine rings is 1. The van der Waals surface area contributed by atoms with Gasteiger partial charge in [-0.1, -0.05) is 43.2 Å². The number of rotatable bonds is 4. The molecule has 3 unspecified atom stereocenters. The van der Waals surface area contributed by atoms with Crippen molar-refractivity contribution in [2.24, 2.45) is 11.7 Å². The number of likely N-dealkylation sites (tertiary alicyclic amines) is 2. The average Bonchev–Trinajstić information content (AvgIpc) is 3.24. The summed E-state index contributed by atoms with van der Waals surface area (Å²) >= 11 is 0. The van der Waals surface area contributed by atoms with Crippen LogP contribution in [0.2, 0.25) is 0 Å². The first-order valence-electron chi connectivity index (χ1n) is 10.1. The molecule has 1 saturated carbocycles. The van der Waals surface area contributed by atoms with Crippen LogP contribution in [0.1, 0.15) is 56.6 Å². The normalized spacial score (nSPS) is 30.2. The van der Waals surface area contributed by atoms with Gasteiger partial charge in [0, 0.05) is 6.04 Å². The molecule has 2 saturated heterocycles. The summed E-state index contributed by atoms with van der Waals surface area (Å²) in [5.74, 6) is 0.170. The second kappa shape index (κ2) is 7.39. The van der Waals surface area contributed by atoms with Crippen LogP contribution in [0.4, 0.5) is 0 Å². The van der Waals surface area contributed by atoms with Crippen LogP contribution in [0, 0.1) is 5.92 Å². The van der Waals surface area contributed by atoms with Gasteiger partial charge in [-0.2, -0.15) is 0 Å². The fourth-order valence-corrected chi connectivity index (χ4v) is 5.32. The Balaban J connectivity index is 1.67. The van der Waals surface area contributed by atoms with E-state index in [1.807, 2.05) is 35.2 Å². The largest absolute Gasteiger partial charge is 0.368 e. The molecule has 5 heteroatoms. The van der Waals surface area contributed by atoms with Crippen LogP contribution in [0.3, 0.4) is 0 Å². The van der Waals surface area contributed by atoms with Crippen LogP contribution in [0.25, 0.3) is 0 Å². The van der Waals surface area contributed by atoms with Crippen molar-refractivity contribution in [1.82, 2.24) is 9.80 Å². The molecule has 3 aliphatic rings. The minimum atomic E-state index is -0.436. The third-order valence-electron chi connectivity index (χ3n) is 6.53. The number of primary amides is 1. The van der Waals surface area contributed by atoms with Gasteiger partial charge in [0.25, 0.3) is 0 Å². The highest BCUT2D eigenvalue weighted by Crippen LogP contribution is 2.43. The molecule has 2 heterocycles. The highest BCUT2D eigenvalue weighted by molar-refractivity contribution is 5.90. The first kappa shape index (κ1) is 17.5. The van der Waals surface area contributed by atoms with E-state index in [0.717, 1.165) is 57.2 Å². The maximum Gasteiger partial charge on any atom is 0.245 e. The second-order valence-electron chi connectivity index (χ2n) is 8.07. The first-order valence-corrected chi connectivity index (χ1v) is 10.1. The second-order valence-corrected chi connectivity index (χ2v) is 8.07. The molecule has 2 N–H and O–H groups in total. The van der Waals surface area contributed by atoms with Gasteiger partial charge in [-0.05, 0) is 56.7 Å². The Hall–Kier alpha value is -1.88. The van der Waals surface area contributed by atoms with Gasteiger partial charge in [-0.15, -0.1) is 0 Å². The molecule has 2 aliphatic heterocycles. The lowest BCUT2D eigenvalue weighted by atomic mass is 9.99. The Kier molecular flexibility index (Phi) is 4.98. The number of carbonyl (C=O) groups is 2. The van der Waals surface area contributed by atoms with Gasteiger partial charge in [0.2, 0.25) is 11.8 Å². The zero-order valence-corrected chi connectivity index (χ0v) is 15.3. The van der Waals surface area contributed by atoms with Crippen molar-refractivity contribution in [3.05, 3.63) is 35.9 Å². The maximum absolute atomic E-state index is 13.8. The Morgan fingerprint density at radius 2 is 1.73 bits per heavy atom. The van der Waals surface area contributed by atoms with Gasteiger partial charge in [-0.3, -0.25) is 14.5 Å². The van der Waals surface area contributed by atoms with E-state index in [1.54, 1.807) is 0 Å². The number of hydrogen-bond donors (Lipinski definition) is 1. The summed E-state index contributed by atoms with van der Waals surface area (Å²) in [7, 11) is 0. The van der Waals surface area contributed by atoms with Crippen molar-refractivity contribution in [3.63, 3.8) is 0 Å². The molecular formula is C21H29N3O2. The number of nitrogens with zero attached hydrogens (tertiary/aromatic N) is 2. The van der Waals surface area contributed by atoms with E-state index in [9.17, 15) is 9.59 Å². The molecule has 0 spiro atoms. The van der Waals surface area contributed by atoms with E-state index in [0.29, 0.717) is 5.92 Å². The van der Waals surface area contributed by atoms with Crippen LogP contribution in [0.15, 0.2) is 30.3 Å². The Morgan fingerprint density at radius 1 is 1.00 bits per heavy atom. The summed E-state index contributed by atoms with van der Waals surface area (Å²) in [6.07, 6.45) is 7.48. The number of benzene rings is 1. The molecule has 1 aromatic carbocycles. The lowest BCUT2D eigenvalue weighted by Crippen LogP contribution is -2.52. The van der Waals surface area contributed by atoms with E-state index in [2.05, 4.69) is 4.90 Å². The Labute approximate surface area is 155 Å². The van der Waals surface area contributed by atoms with E-state index >= 15 is 0 Å². The summed E-state index contributed by atoms with van der Waals surface area (Å²) in [5.41, 5.74) is 6.73. The van der Waals surface area contributed by atoms with Crippen LogP contribution in [-0.4, -0.2) is 46.8 Å². The Morgan fingerprint density at radius 3 is 2.42 bits per heavy atom. The fourth-order valence-electron chi connectivity index (χ4n) is 5.32. The molecule has 0 radical (unpaired) electrons. The molecule has 2 amide bonds. The molecule has 5 nitrogen and oxygen atoms in total. The number of amides is 2. The average molecular weight is 355 g/mol. The number of carbonyl (C=O) groups excluding carboxylic acids is 2. The predicted molar refractivity (Wildman–Crippen MR) is 100 cm³/mol. The Bertz CT molecular complexity index is 656. The van der Waals surface area contributed by atoms with Crippen molar-refractivity contribution in [3.8, 4) is 0 Å². The minimum absolute atomic E-state index is 0.0799. The fraction of sp³-hybridized carbons (Fsp3) is 0.619. The molecule has 1 aromatic rings. The number of fused-ring (bicyclic) bond motifs is 1. The molecule has 140 valence electrons. The van der Waals surface area contributed by atoms with Gasteiger partial charge in [-0.25, -0.2) is 0 Å². The van der Waals surface area contributed by atoms with Gasteiger partial charge in [0.05, 0.1) is 0 Å². The van der Waals surface area contributed by atoms with E-state index < -0.39 is 6.04 Å². The molecule has 26 heavy (non-hydrogen) atoms. The lowest BCUT2D eigenvalue weighted by molar-refractivity contribution is -0.144. The van der Waals surface area contributed by atoms with Crippen LogP contribution in [-0.2, 0) is 9.59 Å². The van der Waals surface area contributed by atoms with E-state index in [4.69, 9.17) is 5.73 Å². The van der Waals surface area contributed by atoms with Crippen molar-refractivity contribution < 1.29 is 9.59 Å². The van der Waals surface area contributed by atoms with Crippen molar-refractivity contribution in [1.29, 1.82) is 0 Å². The van der Waals surface area contributed by atoms with Crippen LogP contribution < -0.4 is 5.73 Å². The predicted octanol–water partition coefficient (Wildman–Crippen LogP) is 2.47. The van der Waals surface area contributed by atoms with E-state index in [1.165, 1.54) is 6.42 Å². The highest BCUT2D eigenvalue weighted by atomic mass is 16.2. The van der Waals surface area contributed by atoms with Crippen LogP contribution in [0.5, 0.6) is 0 Å². The molecule has 0 bridgehead atoms. The maximum atomic E-state index is 13.8. The van der Waals surface area contributed by atoms with Gasteiger partial charge in [0.15, 0.2) is 0 Å². The van der Waals surface area contributed by atoms with Crippen molar-refractivity contribution in [2.75, 3.05) is 13.1 Å². The zero-order chi connectivity index (χ0) is 18.1. The number of hydrogen-bond acceptors (Lipinski definition) is 3. The standard InChI is InChI=1S/C21H29N3O2/c22-20(25)18-14-16-10-7-11-17(16)24(18)21(26)19(15-8-3-1-4-9-15)23-12-5-2-6-13-23/h1,3-4,8-9,16-19H,2,5-7,10-14H2,(H2,22,25)/t16?,17?,18?,19-/m1/s1. The monoisotopic (exact) mass is 355 g/mol. The SMILES string of the molecule is NC(=O)C1CC2CCCC2N1C(=O)[C@@H](c1ccccc1)N1CCCCC1. The summed E-state index contributed by atoms with van der Waals surface area (Å²) in [4.78, 5) is 30.1. The zero-order valence-electron chi connectivity index (χ0n) is 15.3. The lowest BCUT2D eigenvalue weighted by Gasteiger charge is -2.39. The smallest absolute Gasteiger partial charge is 0.245 e. The van der Waals surface area contributed by atoms with Gasteiger partial charge < -0.3 is 10.6 Å². The molecule has 3 fully saturated rings. The minimum Gasteiger partial charge on any atom is -0.368 e. The summed E-state index contributed by atoms with van der Waals surface area (Å²) in [6.45, 7) is 1.88. The third-order valence-corrected chi connectivity index (χ3v) is 6.53. The van der Waals surface area contributed by atoms with Crippen molar-refractivity contribution >= 4 is 11.8 Å². The van der Waals surface area contributed by atoms with E-state index in [-0.39, 0.29) is 23.9 Å². The molecule has 0 aromatic heterocycles. The third kappa shape index (κ3) is 3.13. The topological polar surface area (TPSA) is 66.6 Å². The van der Waals surface area contributed by atoms with Crippen LogP contribution >= 0.6 is 0 Å². The highest BCUT2D eigenvalue weighted by Gasteiger charge is 2.50. The quantitative estimate of drug-likeness (QED) is 0.902. The first-order chi connectivity index (χ1) is 12.7. The number of nitrogens with two attached hydrogens (primary N) is 1. The van der Waals surface area contributed by atoms with Crippen molar-refractivity contribution in [2.45, 2.75) is 63.1 Å². The summed E-state index contributed by atoms with van der Waals surface area (Å²) < 4.78 is 0. The molecule has 4 atom stereocenters. The molecular weight excluding hydrogens is 326 g/mol. The van der Waals surface area contributed by atoms with Gasteiger partial charge in [0.1, 0.15) is 12.1 Å². The van der Waals surface area contributed by atoms with Gasteiger partial charge >= 0.3 is 0 Å². The molecule has 4 rings (SSSR count). The summed E-state index contributed by atoms with van der Waals surface area (Å²) in [5, 5.41) is 0. The molecule has 1 aliphatic carbocycles. The summed E-state index contributed by atoms with van der Waals surface area (Å²) in [6, 6.07) is 9.51.